The number of nitrogens with one attached hydrogen (secondary N) is 1. The standard InChI is InChI=1S/C7H11F2NOS2/c8-6(9)7(11)10-3-5-4-12-1-2-13-5/h5-6H,1-4H2,(H,10,11). The van der Waals surface area contributed by atoms with E-state index < -0.39 is 12.3 Å². The second kappa shape index (κ2) is 5.70. The van der Waals surface area contributed by atoms with Crippen molar-refractivity contribution in [2.75, 3.05) is 23.8 Å². The summed E-state index contributed by atoms with van der Waals surface area (Å²) in [6.07, 6.45) is -2.89. The third-order valence-electron chi connectivity index (χ3n) is 1.59. The molecular formula is C7H11F2NOS2. The maximum atomic E-state index is 11.8. The van der Waals surface area contributed by atoms with Crippen molar-refractivity contribution in [1.82, 2.24) is 5.32 Å². The Morgan fingerprint density at radius 2 is 2.31 bits per heavy atom. The molecule has 1 amide bonds. The van der Waals surface area contributed by atoms with Crippen LogP contribution in [0.25, 0.3) is 0 Å². The van der Waals surface area contributed by atoms with Crippen LogP contribution < -0.4 is 5.32 Å². The highest BCUT2D eigenvalue weighted by Gasteiger charge is 2.18. The smallest absolute Gasteiger partial charge is 0.315 e. The average Bonchev–Trinajstić information content (AvgIpc) is 2.15. The van der Waals surface area contributed by atoms with Crippen molar-refractivity contribution in [3.8, 4) is 0 Å². The Labute approximate surface area is 84.2 Å². The van der Waals surface area contributed by atoms with Crippen molar-refractivity contribution in [2.45, 2.75) is 11.7 Å². The van der Waals surface area contributed by atoms with Gasteiger partial charge in [-0.3, -0.25) is 4.79 Å². The molecule has 0 saturated carbocycles. The lowest BCUT2D eigenvalue weighted by Crippen LogP contribution is -2.36. The van der Waals surface area contributed by atoms with Crippen molar-refractivity contribution in [1.29, 1.82) is 0 Å². The van der Waals surface area contributed by atoms with Gasteiger partial charge in [0.1, 0.15) is 0 Å². The second-order valence-corrected chi connectivity index (χ2v) is 5.17. The number of amides is 1. The highest BCUT2D eigenvalue weighted by molar-refractivity contribution is 8.06. The van der Waals surface area contributed by atoms with Crippen molar-refractivity contribution in [2.24, 2.45) is 0 Å². The van der Waals surface area contributed by atoms with Crippen molar-refractivity contribution in [3.05, 3.63) is 0 Å². The minimum absolute atomic E-state index is 0.293. The number of hydrogen-bond donors (Lipinski definition) is 1. The van der Waals surface area contributed by atoms with Gasteiger partial charge in [0, 0.05) is 29.1 Å². The van der Waals surface area contributed by atoms with Crippen LogP contribution >= 0.6 is 23.5 Å². The van der Waals surface area contributed by atoms with Crippen LogP contribution in [0.1, 0.15) is 0 Å². The van der Waals surface area contributed by atoms with Gasteiger partial charge in [0.25, 0.3) is 5.91 Å². The Morgan fingerprint density at radius 1 is 1.54 bits per heavy atom. The lowest BCUT2D eigenvalue weighted by Gasteiger charge is -2.20. The molecule has 1 unspecified atom stereocenters. The van der Waals surface area contributed by atoms with E-state index in [4.69, 9.17) is 0 Å². The summed E-state index contributed by atoms with van der Waals surface area (Å²) >= 11 is 3.54. The molecule has 13 heavy (non-hydrogen) atoms. The van der Waals surface area contributed by atoms with Gasteiger partial charge in [0.15, 0.2) is 0 Å². The van der Waals surface area contributed by atoms with Crippen LogP contribution in [0.15, 0.2) is 0 Å². The molecule has 0 spiro atoms. The van der Waals surface area contributed by atoms with Crippen LogP contribution in [-0.4, -0.2) is 41.4 Å². The summed E-state index contributed by atoms with van der Waals surface area (Å²) < 4.78 is 23.5. The molecule has 2 nitrogen and oxygen atoms in total. The molecule has 0 aliphatic carbocycles. The van der Waals surface area contributed by atoms with Gasteiger partial charge < -0.3 is 5.32 Å². The fraction of sp³-hybridized carbons (Fsp3) is 0.857. The summed E-state index contributed by atoms with van der Waals surface area (Å²) in [4.78, 5) is 10.5. The zero-order valence-corrected chi connectivity index (χ0v) is 8.60. The predicted octanol–water partition coefficient (Wildman–Crippen LogP) is 1.22. The van der Waals surface area contributed by atoms with Gasteiger partial charge in [-0.05, 0) is 0 Å². The lowest BCUT2D eigenvalue weighted by molar-refractivity contribution is -0.131. The molecule has 0 bridgehead atoms. The summed E-state index contributed by atoms with van der Waals surface area (Å²) in [5.41, 5.74) is 0. The third kappa shape index (κ3) is 4.17. The zero-order valence-electron chi connectivity index (χ0n) is 6.96. The first-order chi connectivity index (χ1) is 6.20. The van der Waals surface area contributed by atoms with E-state index in [9.17, 15) is 13.6 Å². The summed E-state index contributed by atoms with van der Waals surface area (Å²) in [5, 5.41) is 2.52. The maximum absolute atomic E-state index is 11.8. The zero-order chi connectivity index (χ0) is 9.68. The molecule has 6 heteroatoms. The van der Waals surface area contributed by atoms with Crippen LogP contribution in [0.5, 0.6) is 0 Å². The molecule has 0 radical (unpaired) electrons. The molecular weight excluding hydrogens is 216 g/mol. The molecule has 1 aliphatic heterocycles. The molecule has 76 valence electrons. The Morgan fingerprint density at radius 3 is 2.85 bits per heavy atom. The third-order valence-corrected chi connectivity index (χ3v) is 4.43. The monoisotopic (exact) mass is 227 g/mol. The normalized spacial score (nSPS) is 23.2. The number of thioether (sulfide) groups is 2. The largest absolute Gasteiger partial charge is 0.350 e. The fourth-order valence-corrected chi connectivity index (χ4v) is 3.56. The summed E-state index contributed by atoms with van der Waals surface area (Å²) in [6, 6.07) is 0. The summed E-state index contributed by atoms with van der Waals surface area (Å²) in [7, 11) is 0. The number of carbonyl (C=O) groups excluding carboxylic acids is 1. The van der Waals surface area contributed by atoms with E-state index in [0.29, 0.717) is 11.8 Å². The van der Waals surface area contributed by atoms with E-state index >= 15 is 0 Å². The van der Waals surface area contributed by atoms with Gasteiger partial charge in [-0.25, -0.2) is 0 Å². The van der Waals surface area contributed by atoms with Gasteiger partial charge in [-0.2, -0.15) is 32.3 Å². The maximum Gasteiger partial charge on any atom is 0.315 e. The molecule has 1 rings (SSSR count). The second-order valence-electron chi connectivity index (χ2n) is 2.61. The number of alkyl halides is 2. The van der Waals surface area contributed by atoms with Crippen LogP contribution in [-0.2, 0) is 4.79 Å². The quantitative estimate of drug-likeness (QED) is 0.786. The first kappa shape index (κ1) is 11.1. The Balaban J connectivity index is 2.13. The van der Waals surface area contributed by atoms with E-state index in [1.807, 2.05) is 0 Å². The number of carbonyl (C=O) groups is 1. The van der Waals surface area contributed by atoms with E-state index in [-0.39, 0.29) is 0 Å². The fourth-order valence-electron chi connectivity index (χ4n) is 0.946. The SMILES string of the molecule is O=C(NCC1CSCCS1)C(F)F. The van der Waals surface area contributed by atoms with Crippen LogP contribution in [0.4, 0.5) is 8.78 Å². The first-order valence-corrected chi connectivity index (χ1v) is 6.15. The van der Waals surface area contributed by atoms with Crippen molar-refractivity contribution < 1.29 is 13.6 Å². The number of rotatable bonds is 3. The lowest BCUT2D eigenvalue weighted by atomic mass is 10.4. The van der Waals surface area contributed by atoms with E-state index in [1.165, 1.54) is 0 Å². The van der Waals surface area contributed by atoms with Gasteiger partial charge in [0.2, 0.25) is 0 Å². The van der Waals surface area contributed by atoms with Gasteiger partial charge in [-0.15, -0.1) is 0 Å². The topological polar surface area (TPSA) is 29.1 Å². The molecule has 0 aromatic carbocycles. The number of hydrogen-bond acceptors (Lipinski definition) is 3. The Kier molecular flexibility index (Phi) is 4.87. The van der Waals surface area contributed by atoms with Crippen LogP contribution in [0.2, 0.25) is 0 Å². The molecule has 1 aliphatic rings. The highest BCUT2D eigenvalue weighted by atomic mass is 32.2. The molecule has 0 aromatic rings. The van der Waals surface area contributed by atoms with Crippen LogP contribution in [0, 0.1) is 0 Å². The van der Waals surface area contributed by atoms with Gasteiger partial charge in [-0.1, -0.05) is 0 Å². The molecule has 1 fully saturated rings. The average molecular weight is 227 g/mol. The predicted molar refractivity (Wildman–Crippen MR) is 52.6 cm³/mol. The van der Waals surface area contributed by atoms with E-state index in [2.05, 4.69) is 5.32 Å². The number of halogens is 2. The minimum Gasteiger partial charge on any atom is -0.350 e. The minimum atomic E-state index is -2.89. The van der Waals surface area contributed by atoms with E-state index in [1.54, 1.807) is 23.5 Å². The van der Waals surface area contributed by atoms with Gasteiger partial charge >= 0.3 is 6.43 Å². The Hall–Kier alpha value is 0.0300. The first-order valence-electron chi connectivity index (χ1n) is 3.95. The summed E-state index contributed by atoms with van der Waals surface area (Å²) in [5.74, 6) is 1.94. The van der Waals surface area contributed by atoms with E-state index in [0.717, 1.165) is 17.3 Å². The molecule has 1 saturated heterocycles. The molecule has 0 aromatic heterocycles. The molecule has 1 N–H and O–H groups in total. The van der Waals surface area contributed by atoms with Crippen molar-refractivity contribution in [3.63, 3.8) is 0 Å². The van der Waals surface area contributed by atoms with Gasteiger partial charge in [0.05, 0.1) is 0 Å². The van der Waals surface area contributed by atoms with Crippen LogP contribution in [0.3, 0.4) is 0 Å². The Bertz CT molecular complexity index is 174. The van der Waals surface area contributed by atoms with Crippen molar-refractivity contribution >= 4 is 29.4 Å². The molecule has 1 atom stereocenters. The molecule has 1 heterocycles. The summed E-state index contributed by atoms with van der Waals surface area (Å²) in [6.45, 7) is 0.362. The highest BCUT2D eigenvalue weighted by Crippen LogP contribution is 2.23.